The molecule has 0 fully saturated rings. The highest BCUT2D eigenvalue weighted by Gasteiger charge is 2.23. The van der Waals surface area contributed by atoms with Gasteiger partial charge in [0, 0.05) is 9.75 Å². The van der Waals surface area contributed by atoms with Crippen molar-refractivity contribution in [1.82, 2.24) is 5.48 Å². The van der Waals surface area contributed by atoms with Crippen molar-refractivity contribution in [2.45, 2.75) is 33.1 Å². The summed E-state index contributed by atoms with van der Waals surface area (Å²) < 4.78 is 0.814. The summed E-state index contributed by atoms with van der Waals surface area (Å²) in [7, 11) is 0. The Kier molecular flexibility index (Phi) is 4.41. The van der Waals surface area contributed by atoms with Crippen LogP contribution in [0.4, 0.5) is 0 Å². The molecule has 0 saturated heterocycles. The Morgan fingerprint density at radius 1 is 1.14 bits per heavy atom. The second kappa shape index (κ2) is 6.16. The lowest BCUT2D eigenvalue weighted by atomic mass is 9.98. The second-order valence-corrected chi connectivity index (χ2v) is 8.50. The quantitative estimate of drug-likeness (QED) is 0.581. The molecule has 0 atom stereocenters. The summed E-state index contributed by atoms with van der Waals surface area (Å²) in [4.78, 5) is 14.5. The van der Waals surface area contributed by atoms with Gasteiger partial charge in [-0.3, -0.25) is 10.0 Å². The average Bonchev–Trinajstić information content (AvgIpc) is 3.16. The first-order valence-electron chi connectivity index (χ1n) is 7.05. The number of carbonyl (C=O) groups excluding carboxylic acids is 1. The molecule has 0 aliphatic heterocycles. The maximum absolute atomic E-state index is 11.6. The van der Waals surface area contributed by atoms with Gasteiger partial charge in [-0.2, -0.15) is 0 Å². The van der Waals surface area contributed by atoms with Gasteiger partial charge in [0.2, 0.25) is 0 Å². The molecule has 1 aliphatic rings. The summed E-state index contributed by atoms with van der Waals surface area (Å²) in [5.41, 5.74) is 6.72. The molecule has 22 heavy (non-hydrogen) atoms. The molecule has 3 rings (SSSR count). The van der Waals surface area contributed by atoms with Crippen molar-refractivity contribution in [1.29, 1.82) is 0 Å². The molecule has 3 nitrogen and oxygen atoms in total. The summed E-state index contributed by atoms with van der Waals surface area (Å²) >= 11 is 9.17. The van der Waals surface area contributed by atoms with Crippen molar-refractivity contribution < 1.29 is 10.0 Å². The monoisotopic (exact) mass is 353 g/mol. The van der Waals surface area contributed by atoms with Crippen molar-refractivity contribution in [2.24, 2.45) is 0 Å². The maximum Gasteiger partial charge on any atom is 0.284 e. The van der Waals surface area contributed by atoms with E-state index in [1.807, 2.05) is 19.1 Å². The molecule has 0 aromatic carbocycles. The third-order valence-corrected chi connectivity index (χ3v) is 6.23. The molecule has 6 heteroatoms. The van der Waals surface area contributed by atoms with Gasteiger partial charge in [-0.05, 0) is 67.5 Å². The molecule has 0 bridgehead atoms. The van der Waals surface area contributed by atoms with E-state index >= 15 is 0 Å². The highest BCUT2D eigenvalue weighted by Crippen LogP contribution is 2.45. The predicted molar refractivity (Wildman–Crippen MR) is 93.0 cm³/mol. The molecule has 2 heterocycles. The van der Waals surface area contributed by atoms with Crippen LogP contribution >= 0.6 is 34.3 Å². The van der Waals surface area contributed by atoms with Crippen molar-refractivity contribution in [2.75, 3.05) is 0 Å². The zero-order valence-electron chi connectivity index (χ0n) is 12.3. The lowest BCUT2D eigenvalue weighted by Crippen LogP contribution is -2.16. The van der Waals surface area contributed by atoms with Crippen molar-refractivity contribution in [3.05, 3.63) is 42.2 Å². The van der Waals surface area contributed by atoms with Gasteiger partial charge in [-0.15, -0.1) is 22.7 Å². The normalized spacial score (nSPS) is 14.7. The smallest absolute Gasteiger partial charge is 0.284 e. The molecule has 2 aromatic heterocycles. The van der Waals surface area contributed by atoms with Gasteiger partial charge < -0.3 is 0 Å². The SMILES string of the molecule is Cc1sc(Cl)cc1C1=C(c2cc(C(=O)NO)sc2C)CCC1. The van der Waals surface area contributed by atoms with E-state index in [1.165, 1.54) is 32.9 Å². The van der Waals surface area contributed by atoms with Crippen LogP contribution in [0.3, 0.4) is 0 Å². The fourth-order valence-electron chi connectivity index (χ4n) is 3.03. The summed E-state index contributed by atoms with van der Waals surface area (Å²) in [6.45, 7) is 4.12. The number of aryl methyl sites for hydroxylation is 2. The fraction of sp³-hybridized carbons (Fsp3) is 0.312. The summed E-state index contributed by atoms with van der Waals surface area (Å²) in [6, 6.07) is 3.93. The van der Waals surface area contributed by atoms with E-state index in [-0.39, 0.29) is 0 Å². The Morgan fingerprint density at radius 2 is 1.73 bits per heavy atom. The van der Waals surface area contributed by atoms with Gasteiger partial charge in [-0.25, -0.2) is 5.48 Å². The first kappa shape index (κ1) is 15.7. The van der Waals surface area contributed by atoms with Crippen LogP contribution in [-0.4, -0.2) is 11.1 Å². The second-order valence-electron chi connectivity index (χ2n) is 5.35. The Balaban J connectivity index is 2.09. The van der Waals surface area contributed by atoms with E-state index in [9.17, 15) is 4.79 Å². The first-order chi connectivity index (χ1) is 10.5. The van der Waals surface area contributed by atoms with Crippen LogP contribution in [0.5, 0.6) is 0 Å². The number of amides is 1. The Labute approximate surface area is 142 Å². The highest BCUT2D eigenvalue weighted by atomic mass is 35.5. The minimum absolute atomic E-state index is 0.450. The molecule has 1 amide bonds. The van der Waals surface area contributed by atoms with Crippen molar-refractivity contribution in [3.63, 3.8) is 0 Å². The molecule has 2 aromatic rings. The Hall–Kier alpha value is -1.14. The van der Waals surface area contributed by atoms with Gasteiger partial charge in [-0.1, -0.05) is 11.6 Å². The molecule has 0 radical (unpaired) electrons. The molecule has 2 N–H and O–H groups in total. The van der Waals surface area contributed by atoms with Crippen LogP contribution in [-0.2, 0) is 0 Å². The zero-order chi connectivity index (χ0) is 15.9. The lowest BCUT2D eigenvalue weighted by molar-refractivity contribution is 0.0711. The van der Waals surface area contributed by atoms with E-state index in [2.05, 4.69) is 6.92 Å². The van der Waals surface area contributed by atoms with Crippen LogP contribution in [0.15, 0.2) is 12.1 Å². The predicted octanol–water partition coefficient (Wildman–Crippen LogP) is 5.29. The maximum atomic E-state index is 11.6. The topological polar surface area (TPSA) is 49.3 Å². The fourth-order valence-corrected chi connectivity index (χ4v) is 5.19. The molecule has 0 unspecified atom stereocenters. The third-order valence-electron chi connectivity index (χ3n) is 4.00. The van der Waals surface area contributed by atoms with E-state index < -0.39 is 5.91 Å². The minimum Gasteiger partial charge on any atom is -0.288 e. The van der Waals surface area contributed by atoms with Crippen LogP contribution in [0.25, 0.3) is 11.1 Å². The van der Waals surface area contributed by atoms with Crippen molar-refractivity contribution in [3.8, 4) is 0 Å². The molecule has 0 saturated carbocycles. The number of rotatable bonds is 3. The largest absolute Gasteiger partial charge is 0.288 e. The van der Waals surface area contributed by atoms with E-state index in [1.54, 1.807) is 16.8 Å². The molecule has 0 spiro atoms. The molecular weight excluding hydrogens is 338 g/mol. The summed E-state index contributed by atoms with van der Waals surface area (Å²) in [5, 5.41) is 8.80. The number of nitrogens with one attached hydrogen (secondary N) is 1. The number of thiophene rings is 2. The van der Waals surface area contributed by atoms with Crippen LogP contribution < -0.4 is 5.48 Å². The van der Waals surface area contributed by atoms with E-state index in [0.29, 0.717) is 4.88 Å². The Bertz CT molecular complexity index is 773. The standard InChI is InChI=1S/C16H16ClNO2S2/c1-8-12(6-14(21-8)16(19)18-20)10-4-3-5-11(10)13-7-15(17)22-9(13)2/h6-7,20H,3-5H2,1-2H3,(H,18,19). The third kappa shape index (κ3) is 2.74. The lowest BCUT2D eigenvalue weighted by Gasteiger charge is -2.07. The number of carbonyl (C=O) groups is 1. The number of hydrogen-bond donors (Lipinski definition) is 2. The number of hydrogen-bond acceptors (Lipinski definition) is 4. The van der Waals surface area contributed by atoms with E-state index in [0.717, 1.165) is 34.0 Å². The average molecular weight is 354 g/mol. The van der Waals surface area contributed by atoms with Crippen molar-refractivity contribution >= 4 is 51.3 Å². The van der Waals surface area contributed by atoms with Gasteiger partial charge in [0.05, 0.1) is 9.21 Å². The molecular formula is C16H16ClNO2S2. The van der Waals surface area contributed by atoms with Gasteiger partial charge in [0.15, 0.2) is 0 Å². The molecule has 1 aliphatic carbocycles. The number of halogens is 1. The summed E-state index contributed by atoms with van der Waals surface area (Å²) in [6.07, 6.45) is 3.18. The zero-order valence-corrected chi connectivity index (χ0v) is 14.7. The highest BCUT2D eigenvalue weighted by molar-refractivity contribution is 7.16. The number of allylic oxidation sites excluding steroid dienone is 2. The van der Waals surface area contributed by atoms with E-state index in [4.69, 9.17) is 16.8 Å². The molecule has 116 valence electrons. The van der Waals surface area contributed by atoms with Gasteiger partial charge in [0.1, 0.15) is 0 Å². The number of hydroxylamine groups is 1. The van der Waals surface area contributed by atoms with Crippen LogP contribution in [0.1, 0.15) is 49.8 Å². The van der Waals surface area contributed by atoms with Crippen LogP contribution in [0, 0.1) is 13.8 Å². The van der Waals surface area contributed by atoms with Crippen LogP contribution in [0.2, 0.25) is 4.34 Å². The Morgan fingerprint density at radius 3 is 2.27 bits per heavy atom. The van der Waals surface area contributed by atoms with Gasteiger partial charge in [0.25, 0.3) is 5.91 Å². The van der Waals surface area contributed by atoms with Gasteiger partial charge >= 0.3 is 0 Å². The first-order valence-corrected chi connectivity index (χ1v) is 9.06. The summed E-state index contributed by atoms with van der Waals surface area (Å²) in [5.74, 6) is -0.450. The minimum atomic E-state index is -0.450.